The quantitative estimate of drug-likeness (QED) is 0.276. The first kappa shape index (κ1) is 23.9. The van der Waals surface area contributed by atoms with Gasteiger partial charge in [0.25, 0.3) is 0 Å². The molecule has 0 spiro atoms. The van der Waals surface area contributed by atoms with E-state index in [-0.39, 0.29) is 0 Å². The standard InChI is InChI=1S/C29H33N7/c30-17-5-2-6-18-32-20-21-11-13-23(14-12-21)36-28(24-10-7-19-33-27(24)31)35-26-16-15-25(34-29(26)36)22-8-3-1-4-9-22/h3,7-16,19,32H,1-2,4-6,17-18,20,30H2,(H2,31,33). The minimum Gasteiger partial charge on any atom is -0.383 e. The summed E-state index contributed by atoms with van der Waals surface area (Å²) < 4.78 is 2.09. The molecule has 0 amide bonds. The number of allylic oxidation sites excluding steroid dienone is 4. The van der Waals surface area contributed by atoms with E-state index in [1.54, 1.807) is 6.20 Å². The third kappa shape index (κ3) is 5.22. The molecule has 5 N–H and O–H groups in total. The van der Waals surface area contributed by atoms with Crippen molar-refractivity contribution in [3.63, 3.8) is 0 Å². The van der Waals surface area contributed by atoms with Crippen molar-refractivity contribution in [3.8, 4) is 17.1 Å². The Morgan fingerprint density at radius 1 is 0.944 bits per heavy atom. The number of nitrogens with two attached hydrogens (primary N) is 2. The first-order chi connectivity index (χ1) is 17.7. The van der Waals surface area contributed by atoms with Gasteiger partial charge >= 0.3 is 0 Å². The van der Waals surface area contributed by atoms with Crippen LogP contribution in [0.3, 0.4) is 0 Å². The van der Waals surface area contributed by atoms with E-state index in [0.717, 1.165) is 91.2 Å². The van der Waals surface area contributed by atoms with Crippen molar-refractivity contribution in [3.05, 3.63) is 84.2 Å². The highest BCUT2D eigenvalue weighted by Gasteiger charge is 2.19. The summed E-state index contributed by atoms with van der Waals surface area (Å²) in [6.45, 7) is 2.59. The van der Waals surface area contributed by atoms with Gasteiger partial charge in [-0.15, -0.1) is 0 Å². The molecule has 0 aliphatic heterocycles. The van der Waals surface area contributed by atoms with Crippen LogP contribution in [0.1, 0.15) is 43.4 Å². The van der Waals surface area contributed by atoms with E-state index in [1.807, 2.05) is 24.3 Å². The molecule has 0 atom stereocenters. The molecule has 4 aromatic rings. The number of hydrogen-bond donors (Lipinski definition) is 3. The van der Waals surface area contributed by atoms with Gasteiger partial charge in [0.2, 0.25) is 0 Å². The van der Waals surface area contributed by atoms with Crippen LogP contribution in [0.15, 0.2) is 73.0 Å². The summed E-state index contributed by atoms with van der Waals surface area (Å²) in [7, 11) is 0. The number of pyridine rings is 2. The van der Waals surface area contributed by atoms with Gasteiger partial charge in [-0.2, -0.15) is 0 Å². The van der Waals surface area contributed by atoms with E-state index in [0.29, 0.717) is 5.82 Å². The smallest absolute Gasteiger partial charge is 0.165 e. The lowest BCUT2D eigenvalue weighted by molar-refractivity contribution is 0.606. The third-order valence-corrected chi connectivity index (χ3v) is 6.46. The minimum absolute atomic E-state index is 0.447. The van der Waals surface area contributed by atoms with Crippen LogP contribution in [0.2, 0.25) is 0 Å². The molecule has 36 heavy (non-hydrogen) atoms. The molecular formula is C29H33N7. The Labute approximate surface area is 212 Å². The molecule has 0 fully saturated rings. The highest BCUT2D eigenvalue weighted by atomic mass is 15.1. The Morgan fingerprint density at radius 2 is 1.83 bits per heavy atom. The second-order valence-corrected chi connectivity index (χ2v) is 9.08. The molecule has 0 saturated carbocycles. The molecular weight excluding hydrogens is 446 g/mol. The van der Waals surface area contributed by atoms with Crippen LogP contribution in [0.4, 0.5) is 5.82 Å². The summed E-state index contributed by atoms with van der Waals surface area (Å²) in [5, 5.41) is 3.52. The fourth-order valence-electron chi connectivity index (χ4n) is 4.52. The monoisotopic (exact) mass is 479 g/mol. The van der Waals surface area contributed by atoms with Gasteiger partial charge < -0.3 is 16.8 Å². The van der Waals surface area contributed by atoms with Gasteiger partial charge in [-0.1, -0.05) is 36.8 Å². The van der Waals surface area contributed by atoms with Gasteiger partial charge in [-0.05, 0) is 86.3 Å². The van der Waals surface area contributed by atoms with Gasteiger partial charge in [0.15, 0.2) is 11.5 Å². The number of rotatable bonds is 10. The highest BCUT2D eigenvalue weighted by Crippen LogP contribution is 2.31. The number of unbranched alkanes of at least 4 members (excludes halogenated alkanes) is 2. The first-order valence-electron chi connectivity index (χ1n) is 12.7. The van der Waals surface area contributed by atoms with Crippen LogP contribution in [-0.4, -0.2) is 32.6 Å². The minimum atomic E-state index is 0.447. The van der Waals surface area contributed by atoms with Crippen LogP contribution in [0, 0.1) is 0 Å². The molecule has 1 aliphatic carbocycles. The molecule has 184 valence electrons. The number of nitrogen functional groups attached to an aromatic ring is 1. The van der Waals surface area contributed by atoms with Gasteiger partial charge in [-0.25, -0.2) is 15.0 Å². The maximum atomic E-state index is 6.27. The SMILES string of the molecule is NCCCCCNCc1ccc(-n2c(-c3cccnc3N)nc3ccc(C4=CCCC=C4)nc32)cc1. The first-order valence-corrected chi connectivity index (χ1v) is 12.7. The molecule has 0 unspecified atom stereocenters. The fraction of sp³-hybridized carbons (Fsp3) is 0.276. The number of nitrogens with zero attached hydrogens (tertiary/aromatic N) is 4. The molecule has 3 heterocycles. The average Bonchev–Trinajstić information content (AvgIpc) is 3.30. The van der Waals surface area contributed by atoms with E-state index in [2.05, 4.69) is 57.4 Å². The van der Waals surface area contributed by atoms with Crippen molar-refractivity contribution in [1.82, 2.24) is 24.8 Å². The summed E-state index contributed by atoms with van der Waals surface area (Å²) in [5.41, 5.74) is 18.6. The molecule has 3 aromatic heterocycles. The number of nitrogens with one attached hydrogen (secondary N) is 1. The van der Waals surface area contributed by atoms with Crippen LogP contribution in [0.25, 0.3) is 33.8 Å². The van der Waals surface area contributed by atoms with Crippen molar-refractivity contribution in [2.75, 3.05) is 18.8 Å². The van der Waals surface area contributed by atoms with E-state index in [9.17, 15) is 0 Å². The van der Waals surface area contributed by atoms with Crippen molar-refractivity contribution < 1.29 is 0 Å². The van der Waals surface area contributed by atoms with Gasteiger partial charge in [0, 0.05) is 18.4 Å². The average molecular weight is 480 g/mol. The number of hydrogen-bond acceptors (Lipinski definition) is 6. The van der Waals surface area contributed by atoms with Crippen LogP contribution in [-0.2, 0) is 6.54 Å². The summed E-state index contributed by atoms with van der Waals surface area (Å²) in [5.74, 6) is 1.18. The topological polar surface area (TPSA) is 108 Å². The summed E-state index contributed by atoms with van der Waals surface area (Å²) in [6, 6.07) is 16.5. The fourth-order valence-corrected chi connectivity index (χ4v) is 4.52. The lowest BCUT2D eigenvalue weighted by Gasteiger charge is -2.12. The van der Waals surface area contributed by atoms with Gasteiger partial charge in [0.1, 0.15) is 11.3 Å². The molecule has 7 nitrogen and oxygen atoms in total. The van der Waals surface area contributed by atoms with Crippen molar-refractivity contribution in [1.29, 1.82) is 0 Å². The van der Waals surface area contributed by atoms with E-state index in [1.165, 1.54) is 5.56 Å². The molecule has 1 aliphatic rings. The van der Waals surface area contributed by atoms with Crippen molar-refractivity contribution in [2.24, 2.45) is 5.73 Å². The van der Waals surface area contributed by atoms with Crippen molar-refractivity contribution in [2.45, 2.75) is 38.6 Å². The van der Waals surface area contributed by atoms with E-state index < -0.39 is 0 Å². The number of aromatic nitrogens is 4. The lowest BCUT2D eigenvalue weighted by atomic mass is 10.0. The van der Waals surface area contributed by atoms with Crippen LogP contribution in [0.5, 0.6) is 0 Å². The lowest BCUT2D eigenvalue weighted by Crippen LogP contribution is -2.15. The maximum Gasteiger partial charge on any atom is 0.165 e. The Bertz CT molecular complexity index is 1380. The zero-order chi connectivity index (χ0) is 24.7. The second-order valence-electron chi connectivity index (χ2n) is 9.08. The summed E-state index contributed by atoms with van der Waals surface area (Å²) >= 11 is 0. The zero-order valence-electron chi connectivity index (χ0n) is 20.5. The largest absolute Gasteiger partial charge is 0.383 e. The van der Waals surface area contributed by atoms with Gasteiger partial charge in [0.05, 0.1) is 11.3 Å². The number of benzene rings is 1. The van der Waals surface area contributed by atoms with Crippen LogP contribution < -0.4 is 16.8 Å². The molecule has 0 radical (unpaired) electrons. The number of anilines is 1. The second kappa shape index (κ2) is 11.3. The Morgan fingerprint density at radius 3 is 2.61 bits per heavy atom. The predicted octanol–water partition coefficient (Wildman–Crippen LogP) is 5.02. The summed E-state index contributed by atoms with van der Waals surface area (Å²) in [4.78, 5) is 14.3. The predicted molar refractivity (Wildman–Crippen MR) is 147 cm³/mol. The van der Waals surface area contributed by atoms with E-state index >= 15 is 0 Å². The normalized spacial score (nSPS) is 13.3. The Hall–Kier alpha value is -3.81. The number of fused-ring (bicyclic) bond motifs is 1. The maximum absolute atomic E-state index is 6.27. The molecule has 0 bridgehead atoms. The van der Waals surface area contributed by atoms with Crippen molar-refractivity contribution >= 4 is 22.6 Å². The molecule has 5 rings (SSSR count). The number of imidazole rings is 1. The molecule has 1 aromatic carbocycles. The van der Waals surface area contributed by atoms with E-state index in [4.69, 9.17) is 21.4 Å². The van der Waals surface area contributed by atoms with Crippen LogP contribution >= 0.6 is 0 Å². The molecule has 7 heteroatoms. The Kier molecular flexibility index (Phi) is 7.50. The third-order valence-electron chi connectivity index (χ3n) is 6.46. The summed E-state index contributed by atoms with van der Waals surface area (Å²) in [6.07, 6.45) is 13.8. The molecule has 0 saturated heterocycles. The van der Waals surface area contributed by atoms with Gasteiger partial charge in [-0.3, -0.25) is 4.57 Å². The highest BCUT2D eigenvalue weighted by molar-refractivity contribution is 5.85. The zero-order valence-corrected chi connectivity index (χ0v) is 20.5. The Balaban J connectivity index is 1.50.